The standard InChI is InChI=1S/C2H7O4P.K.H/c1-2-6-7(3,4)5;;/h2H2,1H3,(H2,3,4,5);;/q;+1;-1. The summed E-state index contributed by atoms with van der Waals surface area (Å²) in [6.07, 6.45) is 0. The number of hydrogen-bond donors (Lipinski definition) is 2. The van der Waals surface area contributed by atoms with Crippen molar-refractivity contribution in [3.05, 3.63) is 0 Å². The molecule has 46 valence electrons. The van der Waals surface area contributed by atoms with E-state index >= 15 is 0 Å². The van der Waals surface area contributed by atoms with Gasteiger partial charge in [-0.3, -0.25) is 4.52 Å². The molecular weight excluding hydrogens is 158 g/mol. The first-order valence-corrected chi connectivity index (χ1v) is 3.29. The van der Waals surface area contributed by atoms with E-state index in [4.69, 9.17) is 9.79 Å². The van der Waals surface area contributed by atoms with Crippen molar-refractivity contribution in [3.8, 4) is 0 Å². The van der Waals surface area contributed by atoms with Gasteiger partial charge in [-0.25, -0.2) is 4.57 Å². The summed E-state index contributed by atoms with van der Waals surface area (Å²) >= 11 is 0. The molecule has 0 aliphatic carbocycles. The Morgan fingerprint density at radius 1 is 1.75 bits per heavy atom. The Morgan fingerprint density at radius 2 is 2.12 bits per heavy atom. The minimum Gasteiger partial charge on any atom is -1.00 e. The van der Waals surface area contributed by atoms with Crippen LogP contribution in [0.15, 0.2) is 0 Å². The average Bonchev–Trinajstić information content (AvgIpc) is 1.30. The van der Waals surface area contributed by atoms with E-state index in [2.05, 4.69) is 4.52 Å². The second-order valence-corrected chi connectivity index (χ2v) is 2.15. The van der Waals surface area contributed by atoms with Gasteiger partial charge in [0.05, 0.1) is 6.61 Å². The Kier molecular flexibility index (Phi) is 8.58. The van der Waals surface area contributed by atoms with Crippen molar-refractivity contribution in [2.24, 2.45) is 0 Å². The van der Waals surface area contributed by atoms with Crippen molar-refractivity contribution in [2.75, 3.05) is 6.61 Å². The van der Waals surface area contributed by atoms with Gasteiger partial charge in [-0.2, -0.15) is 0 Å². The fourth-order valence-corrected chi connectivity index (χ4v) is 0.505. The van der Waals surface area contributed by atoms with Gasteiger partial charge in [0, 0.05) is 0 Å². The summed E-state index contributed by atoms with van der Waals surface area (Å²) in [7, 11) is -4.17. The van der Waals surface area contributed by atoms with Gasteiger partial charge in [0.2, 0.25) is 0 Å². The summed E-state index contributed by atoms with van der Waals surface area (Å²) in [6, 6.07) is 0. The normalized spacial score (nSPS) is 10.4. The van der Waals surface area contributed by atoms with Crippen LogP contribution >= 0.6 is 7.82 Å². The van der Waals surface area contributed by atoms with E-state index in [-0.39, 0.29) is 59.4 Å². The van der Waals surface area contributed by atoms with Crippen molar-refractivity contribution < 1.29 is 71.7 Å². The van der Waals surface area contributed by atoms with Crippen molar-refractivity contribution >= 4 is 7.82 Å². The number of phosphoric ester groups is 1. The molecule has 0 aromatic rings. The van der Waals surface area contributed by atoms with Crippen molar-refractivity contribution in [2.45, 2.75) is 6.92 Å². The zero-order valence-corrected chi connectivity index (χ0v) is 8.88. The third kappa shape index (κ3) is 10.7. The van der Waals surface area contributed by atoms with Crippen molar-refractivity contribution in [1.29, 1.82) is 0 Å². The molecule has 0 unspecified atom stereocenters. The summed E-state index contributed by atoms with van der Waals surface area (Å²) in [5.74, 6) is 0. The van der Waals surface area contributed by atoms with E-state index in [1.165, 1.54) is 6.92 Å². The number of hydrogen-bond acceptors (Lipinski definition) is 2. The van der Waals surface area contributed by atoms with Crippen molar-refractivity contribution in [3.63, 3.8) is 0 Å². The fourth-order valence-electron chi connectivity index (χ4n) is 0.168. The third-order valence-corrected chi connectivity index (χ3v) is 0.892. The molecule has 0 aliphatic heterocycles. The predicted octanol–water partition coefficient (Wildman–Crippen LogP) is -2.77. The molecule has 0 saturated carbocycles. The second kappa shape index (κ2) is 5.53. The van der Waals surface area contributed by atoms with Crippen molar-refractivity contribution in [1.82, 2.24) is 0 Å². The third-order valence-electron chi connectivity index (χ3n) is 0.297. The Balaban J connectivity index is -0.000000180. The average molecular weight is 166 g/mol. The van der Waals surface area contributed by atoms with Gasteiger partial charge in [-0.15, -0.1) is 0 Å². The van der Waals surface area contributed by atoms with Crippen LogP contribution in [0.4, 0.5) is 0 Å². The van der Waals surface area contributed by atoms with Gasteiger partial charge < -0.3 is 11.2 Å². The molecule has 0 atom stereocenters. The maximum Gasteiger partial charge on any atom is 1.00 e. The molecule has 0 rings (SSSR count). The van der Waals surface area contributed by atoms with E-state index in [0.717, 1.165) is 0 Å². The van der Waals surface area contributed by atoms with E-state index in [1.54, 1.807) is 0 Å². The Labute approximate surface area is 91.8 Å². The SMILES string of the molecule is CCOP(=O)(O)O.[H-].[K+]. The monoisotopic (exact) mass is 166 g/mol. The van der Waals surface area contributed by atoms with Gasteiger partial charge in [0.1, 0.15) is 0 Å². The Bertz CT molecular complexity index is 92.6. The molecule has 4 nitrogen and oxygen atoms in total. The largest absolute Gasteiger partial charge is 1.00 e. The number of rotatable bonds is 2. The van der Waals surface area contributed by atoms with Gasteiger partial charge in [-0.05, 0) is 6.92 Å². The van der Waals surface area contributed by atoms with Crippen LogP contribution in [-0.2, 0) is 9.09 Å². The molecule has 0 spiro atoms. The van der Waals surface area contributed by atoms with Crippen LogP contribution in [0, 0.1) is 0 Å². The van der Waals surface area contributed by atoms with Crippen LogP contribution in [0.1, 0.15) is 8.35 Å². The summed E-state index contributed by atoms with van der Waals surface area (Å²) < 4.78 is 13.6. The molecule has 8 heavy (non-hydrogen) atoms. The summed E-state index contributed by atoms with van der Waals surface area (Å²) in [5.41, 5.74) is 0. The molecule has 0 fully saturated rings. The van der Waals surface area contributed by atoms with Gasteiger partial charge >= 0.3 is 59.2 Å². The zero-order valence-electron chi connectivity index (χ0n) is 5.87. The summed E-state index contributed by atoms with van der Waals surface area (Å²) in [5, 5.41) is 0. The number of phosphoric acid groups is 1. The van der Waals surface area contributed by atoms with Crippen LogP contribution in [0.25, 0.3) is 0 Å². The van der Waals surface area contributed by atoms with E-state index in [1.807, 2.05) is 0 Å². The molecular formula is C2H8KO4P. The smallest absolute Gasteiger partial charge is 1.00 e. The van der Waals surface area contributed by atoms with E-state index in [0.29, 0.717) is 0 Å². The van der Waals surface area contributed by atoms with Crippen LogP contribution in [0.3, 0.4) is 0 Å². The minimum atomic E-state index is -4.17. The molecule has 0 bridgehead atoms. The summed E-state index contributed by atoms with van der Waals surface area (Å²) in [6.45, 7) is 1.56. The Morgan fingerprint density at radius 3 is 2.12 bits per heavy atom. The first-order valence-electron chi connectivity index (χ1n) is 1.76. The molecule has 0 aromatic carbocycles. The summed E-state index contributed by atoms with van der Waals surface area (Å²) in [4.78, 5) is 15.8. The minimum absolute atomic E-state index is 0. The van der Waals surface area contributed by atoms with E-state index < -0.39 is 7.82 Å². The molecule has 2 N–H and O–H groups in total. The first-order chi connectivity index (χ1) is 3.06. The van der Waals surface area contributed by atoms with Crippen LogP contribution in [0.5, 0.6) is 0 Å². The van der Waals surface area contributed by atoms with E-state index in [9.17, 15) is 4.57 Å². The molecule has 0 amide bonds. The molecule has 0 aliphatic rings. The molecule has 0 heterocycles. The Hall–Kier alpha value is 1.75. The quantitative estimate of drug-likeness (QED) is 0.344. The molecule has 0 radical (unpaired) electrons. The maximum atomic E-state index is 9.70. The van der Waals surface area contributed by atoms with Gasteiger partial charge in [-0.1, -0.05) is 0 Å². The fraction of sp³-hybridized carbons (Fsp3) is 1.00. The van der Waals surface area contributed by atoms with Gasteiger partial charge in [0.25, 0.3) is 0 Å². The van der Waals surface area contributed by atoms with Crippen LogP contribution in [0.2, 0.25) is 0 Å². The first kappa shape index (κ1) is 12.4. The van der Waals surface area contributed by atoms with Gasteiger partial charge in [0.15, 0.2) is 0 Å². The maximum absolute atomic E-state index is 9.70. The molecule has 0 saturated heterocycles. The van der Waals surface area contributed by atoms with Crippen LogP contribution in [-0.4, -0.2) is 16.4 Å². The zero-order chi connectivity index (χ0) is 5.91. The topological polar surface area (TPSA) is 66.8 Å². The molecule has 6 heteroatoms. The molecule has 0 aromatic heterocycles. The van der Waals surface area contributed by atoms with Crippen LogP contribution < -0.4 is 51.4 Å². The predicted molar refractivity (Wildman–Crippen MR) is 24.8 cm³/mol. The second-order valence-electron chi connectivity index (χ2n) is 0.908.